The van der Waals surface area contributed by atoms with Gasteiger partial charge in [-0.1, -0.05) is 35.1 Å². The molecule has 1 heterocycles. The van der Waals surface area contributed by atoms with Crippen molar-refractivity contribution < 1.29 is 21.9 Å². The normalized spacial score (nSPS) is 11.4. The van der Waals surface area contributed by atoms with E-state index in [0.717, 1.165) is 21.7 Å². The lowest BCUT2D eigenvalue weighted by Crippen LogP contribution is -2.31. The van der Waals surface area contributed by atoms with E-state index in [1.165, 1.54) is 12.6 Å². The van der Waals surface area contributed by atoms with Gasteiger partial charge < -0.3 is 4.74 Å². The molecule has 142 valence electrons. The summed E-state index contributed by atoms with van der Waals surface area (Å²) in [6.07, 6.45) is 0. The van der Waals surface area contributed by atoms with Crippen molar-refractivity contribution in [3.63, 3.8) is 0 Å². The zero-order chi connectivity index (χ0) is 19.6. The van der Waals surface area contributed by atoms with E-state index < -0.39 is 31.6 Å². The van der Waals surface area contributed by atoms with Crippen molar-refractivity contribution in [3.05, 3.63) is 64.1 Å². The number of hydrogen-bond donors (Lipinski definition) is 0. The second-order valence-electron chi connectivity index (χ2n) is 5.28. The topological polar surface area (TPSA) is 72.4 Å². The monoisotopic (exact) mass is 431 g/mol. The minimum atomic E-state index is -4.42. The second kappa shape index (κ2) is 7.75. The Hall–Kier alpha value is -2.30. The Balaban J connectivity index is 2.06. The summed E-state index contributed by atoms with van der Waals surface area (Å²) in [7, 11) is -2.92. The van der Waals surface area contributed by atoms with Crippen LogP contribution >= 0.6 is 22.9 Å². The fourth-order valence-electron chi connectivity index (χ4n) is 2.25. The molecule has 0 bridgehead atoms. The highest BCUT2D eigenvalue weighted by atomic mass is 35.5. The fraction of sp³-hybridized carbons (Fsp3) is 0.125. The summed E-state index contributed by atoms with van der Waals surface area (Å²) < 4.78 is 59.7. The summed E-state index contributed by atoms with van der Waals surface area (Å²) in [6.45, 7) is -0.143. The number of rotatable bonds is 6. The largest absolute Gasteiger partial charge is 0.497 e. The van der Waals surface area contributed by atoms with Gasteiger partial charge in [-0.15, -0.1) is 10.2 Å². The number of anilines is 1. The Kier molecular flexibility index (Phi) is 5.59. The highest BCUT2D eigenvalue weighted by molar-refractivity contribution is 7.93. The van der Waals surface area contributed by atoms with Crippen molar-refractivity contribution >= 4 is 38.1 Å². The van der Waals surface area contributed by atoms with Gasteiger partial charge in [0.1, 0.15) is 27.8 Å². The minimum absolute atomic E-state index is 0.0330. The molecule has 0 fully saturated rings. The van der Waals surface area contributed by atoms with Crippen molar-refractivity contribution in [1.29, 1.82) is 0 Å². The Morgan fingerprint density at radius 1 is 1.19 bits per heavy atom. The van der Waals surface area contributed by atoms with Gasteiger partial charge in [0.2, 0.25) is 5.13 Å². The van der Waals surface area contributed by atoms with Gasteiger partial charge in [0.25, 0.3) is 10.0 Å². The number of ether oxygens (including phenoxy) is 1. The molecule has 0 aliphatic rings. The Morgan fingerprint density at radius 3 is 2.48 bits per heavy atom. The van der Waals surface area contributed by atoms with Crippen molar-refractivity contribution in [1.82, 2.24) is 10.2 Å². The van der Waals surface area contributed by atoms with Crippen LogP contribution in [0.25, 0.3) is 0 Å². The molecule has 1 aromatic heterocycles. The van der Waals surface area contributed by atoms with E-state index in [9.17, 15) is 17.2 Å². The van der Waals surface area contributed by atoms with E-state index in [-0.39, 0.29) is 11.7 Å². The van der Waals surface area contributed by atoms with Crippen LogP contribution < -0.4 is 9.04 Å². The van der Waals surface area contributed by atoms with Gasteiger partial charge in [0.15, 0.2) is 0 Å². The molecule has 0 N–H and O–H groups in total. The highest BCUT2D eigenvalue weighted by Gasteiger charge is 2.31. The van der Waals surface area contributed by atoms with Crippen LogP contribution in [-0.2, 0) is 16.6 Å². The number of benzene rings is 2. The van der Waals surface area contributed by atoms with Crippen molar-refractivity contribution in [3.8, 4) is 5.75 Å². The minimum Gasteiger partial charge on any atom is -0.497 e. The number of aromatic nitrogens is 2. The molecule has 0 aliphatic heterocycles. The molecule has 0 radical (unpaired) electrons. The van der Waals surface area contributed by atoms with E-state index in [1.807, 2.05) is 0 Å². The van der Waals surface area contributed by atoms with Crippen LogP contribution in [0.5, 0.6) is 5.75 Å². The van der Waals surface area contributed by atoms with Gasteiger partial charge in [-0.25, -0.2) is 21.5 Å². The lowest BCUT2D eigenvalue weighted by molar-refractivity contribution is 0.414. The SMILES string of the molecule is COc1ccc(CN(c2nncs2)S(=O)(=O)c2cc(Cl)c(F)cc2F)cc1. The van der Waals surface area contributed by atoms with Crippen LogP contribution in [0.1, 0.15) is 5.56 Å². The van der Waals surface area contributed by atoms with Gasteiger partial charge in [0, 0.05) is 6.07 Å². The van der Waals surface area contributed by atoms with Crippen LogP contribution in [0.3, 0.4) is 0 Å². The van der Waals surface area contributed by atoms with E-state index >= 15 is 0 Å². The molecular formula is C16H12ClF2N3O3S2. The first-order chi connectivity index (χ1) is 12.8. The summed E-state index contributed by atoms with van der Waals surface area (Å²) in [5.41, 5.74) is 1.95. The van der Waals surface area contributed by atoms with Crippen molar-refractivity contribution in [2.45, 2.75) is 11.4 Å². The molecule has 0 aliphatic carbocycles. The lowest BCUT2D eigenvalue weighted by Gasteiger charge is -2.22. The summed E-state index contributed by atoms with van der Waals surface area (Å²) in [6, 6.07) is 7.82. The molecular weight excluding hydrogens is 420 g/mol. The first kappa shape index (κ1) is 19.5. The molecule has 0 saturated carbocycles. The van der Waals surface area contributed by atoms with E-state index in [2.05, 4.69) is 10.2 Å². The van der Waals surface area contributed by atoms with Crippen LogP contribution in [-0.4, -0.2) is 25.7 Å². The number of nitrogens with zero attached hydrogens (tertiary/aromatic N) is 3. The molecule has 0 amide bonds. The first-order valence-corrected chi connectivity index (χ1v) is 10.1. The molecule has 0 spiro atoms. The molecule has 3 aromatic rings. The third kappa shape index (κ3) is 4.02. The maximum Gasteiger partial charge on any atom is 0.269 e. The second-order valence-corrected chi connectivity index (χ2v) is 8.33. The molecule has 2 aromatic carbocycles. The predicted molar refractivity (Wildman–Crippen MR) is 97.6 cm³/mol. The number of sulfonamides is 1. The summed E-state index contributed by atoms with van der Waals surface area (Å²) >= 11 is 6.61. The van der Waals surface area contributed by atoms with Gasteiger partial charge in [-0.05, 0) is 23.8 Å². The number of methoxy groups -OCH3 is 1. The van der Waals surface area contributed by atoms with Gasteiger partial charge >= 0.3 is 0 Å². The molecule has 3 rings (SSSR count). The molecule has 27 heavy (non-hydrogen) atoms. The predicted octanol–water partition coefficient (Wildman–Crippen LogP) is 3.87. The Bertz CT molecular complexity index is 1050. The zero-order valence-corrected chi connectivity index (χ0v) is 16.2. The number of halogens is 3. The molecule has 0 unspecified atom stereocenters. The third-order valence-corrected chi connectivity index (χ3v) is 6.46. The van der Waals surface area contributed by atoms with Crippen molar-refractivity contribution in [2.75, 3.05) is 11.4 Å². The van der Waals surface area contributed by atoms with Gasteiger partial charge in [-0.2, -0.15) is 0 Å². The summed E-state index contributed by atoms with van der Waals surface area (Å²) in [5.74, 6) is -1.70. The zero-order valence-electron chi connectivity index (χ0n) is 13.8. The van der Waals surface area contributed by atoms with Crippen LogP contribution in [0, 0.1) is 11.6 Å². The van der Waals surface area contributed by atoms with Crippen LogP contribution in [0.2, 0.25) is 5.02 Å². The van der Waals surface area contributed by atoms with Crippen molar-refractivity contribution in [2.24, 2.45) is 0 Å². The third-order valence-electron chi connectivity index (χ3n) is 3.59. The standard InChI is InChI=1S/C16H12ClF2N3O3S2/c1-25-11-4-2-10(3-5-11)8-22(16-21-20-9-26-16)27(23,24)15-6-12(17)13(18)7-14(15)19/h2-7,9H,8H2,1H3. The Labute approximate surface area is 163 Å². The average molecular weight is 432 g/mol. The summed E-state index contributed by atoms with van der Waals surface area (Å²) in [4.78, 5) is -0.752. The highest BCUT2D eigenvalue weighted by Crippen LogP contribution is 2.31. The fourth-order valence-corrected chi connectivity index (χ4v) is 4.74. The maximum atomic E-state index is 14.2. The molecule has 0 atom stereocenters. The maximum absolute atomic E-state index is 14.2. The van der Waals surface area contributed by atoms with E-state index in [0.29, 0.717) is 17.4 Å². The number of hydrogen-bond acceptors (Lipinski definition) is 6. The van der Waals surface area contributed by atoms with E-state index in [1.54, 1.807) is 24.3 Å². The molecule has 0 saturated heterocycles. The first-order valence-electron chi connectivity index (χ1n) is 7.39. The van der Waals surface area contributed by atoms with Crippen LogP contribution in [0.4, 0.5) is 13.9 Å². The van der Waals surface area contributed by atoms with E-state index in [4.69, 9.17) is 16.3 Å². The molecule has 11 heteroatoms. The summed E-state index contributed by atoms with van der Waals surface area (Å²) in [5, 5.41) is 6.93. The quantitative estimate of drug-likeness (QED) is 0.554. The Morgan fingerprint density at radius 2 is 1.89 bits per heavy atom. The smallest absolute Gasteiger partial charge is 0.269 e. The van der Waals surface area contributed by atoms with Gasteiger partial charge in [0.05, 0.1) is 18.7 Å². The van der Waals surface area contributed by atoms with Crippen LogP contribution in [0.15, 0.2) is 46.8 Å². The molecule has 6 nitrogen and oxygen atoms in total. The van der Waals surface area contributed by atoms with Gasteiger partial charge in [-0.3, -0.25) is 0 Å². The average Bonchev–Trinajstić information content (AvgIpc) is 3.17. The lowest BCUT2D eigenvalue weighted by atomic mass is 10.2.